The number of hydrogen-bond donors (Lipinski definition) is 1. The molecule has 0 amide bonds. The Morgan fingerprint density at radius 3 is 2.71 bits per heavy atom. The topological polar surface area (TPSA) is 60.0 Å². The molecule has 2 fully saturated rings. The van der Waals surface area contributed by atoms with Crippen LogP contribution in [0.5, 0.6) is 0 Å². The lowest BCUT2D eigenvalue weighted by Crippen LogP contribution is -2.56. The molecule has 1 saturated heterocycles. The van der Waals surface area contributed by atoms with E-state index in [4.69, 9.17) is 5.73 Å². The number of piperidine rings is 1. The number of aromatic nitrogens is 3. The zero-order valence-electron chi connectivity index (χ0n) is 13.5. The third-order valence-corrected chi connectivity index (χ3v) is 5.76. The van der Waals surface area contributed by atoms with Crippen LogP contribution < -0.4 is 5.73 Å². The first-order valence-corrected chi connectivity index (χ1v) is 8.53. The van der Waals surface area contributed by atoms with Gasteiger partial charge < -0.3 is 5.73 Å². The second kappa shape index (κ2) is 6.05. The first-order chi connectivity index (χ1) is 10.2. The lowest BCUT2D eigenvalue weighted by atomic mass is 9.62. The van der Waals surface area contributed by atoms with E-state index in [0.29, 0.717) is 11.5 Å². The van der Waals surface area contributed by atoms with Crippen LogP contribution in [0, 0.1) is 12.3 Å². The molecule has 21 heavy (non-hydrogen) atoms. The van der Waals surface area contributed by atoms with Crippen LogP contribution in [-0.2, 0) is 13.1 Å². The molecule has 1 atom stereocenters. The molecule has 2 heterocycles. The van der Waals surface area contributed by atoms with E-state index in [1.165, 1.54) is 50.8 Å². The highest BCUT2D eigenvalue weighted by molar-refractivity contribution is 5.10. The SMILES string of the molecule is CCn1nnc(C)c1CN1CCCCC1C1(CN)CCC1. The van der Waals surface area contributed by atoms with Gasteiger partial charge in [0.25, 0.3) is 0 Å². The first-order valence-electron chi connectivity index (χ1n) is 8.53. The molecule has 3 rings (SSSR count). The first kappa shape index (κ1) is 15.0. The Labute approximate surface area is 127 Å². The van der Waals surface area contributed by atoms with Gasteiger partial charge in [0.05, 0.1) is 11.4 Å². The molecule has 5 heteroatoms. The van der Waals surface area contributed by atoms with Gasteiger partial charge in [-0.1, -0.05) is 18.1 Å². The molecule has 0 spiro atoms. The van der Waals surface area contributed by atoms with E-state index >= 15 is 0 Å². The van der Waals surface area contributed by atoms with Gasteiger partial charge in [0, 0.05) is 19.1 Å². The maximum atomic E-state index is 6.16. The average molecular weight is 291 g/mol. The molecular formula is C16H29N5. The second-order valence-corrected chi connectivity index (χ2v) is 6.84. The molecule has 0 aromatic carbocycles. The summed E-state index contributed by atoms with van der Waals surface area (Å²) in [6.07, 6.45) is 7.96. The van der Waals surface area contributed by atoms with Crippen LogP contribution in [0.2, 0.25) is 0 Å². The summed E-state index contributed by atoms with van der Waals surface area (Å²) in [5.74, 6) is 0. The lowest BCUT2D eigenvalue weighted by molar-refractivity contribution is -0.0217. The Bertz CT molecular complexity index is 472. The fourth-order valence-corrected chi connectivity index (χ4v) is 4.24. The van der Waals surface area contributed by atoms with Crippen molar-refractivity contribution in [3.8, 4) is 0 Å². The Morgan fingerprint density at radius 1 is 1.29 bits per heavy atom. The lowest BCUT2D eigenvalue weighted by Gasteiger charge is -2.53. The number of rotatable bonds is 5. The minimum absolute atomic E-state index is 0.388. The van der Waals surface area contributed by atoms with Crippen LogP contribution in [0.15, 0.2) is 0 Å². The monoisotopic (exact) mass is 291 g/mol. The van der Waals surface area contributed by atoms with Crippen molar-refractivity contribution in [3.63, 3.8) is 0 Å². The van der Waals surface area contributed by atoms with Crippen LogP contribution >= 0.6 is 0 Å². The largest absolute Gasteiger partial charge is 0.330 e. The summed E-state index contributed by atoms with van der Waals surface area (Å²) < 4.78 is 2.05. The summed E-state index contributed by atoms with van der Waals surface area (Å²) in [6.45, 7) is 8.14. The highest BCUT2D eigenvalue weighted by Gasteiger charge is 2.46. The van der Waals surface area contributed by atoms with E-state index in [2.05, 4.69) is 33.7 Å². The number of nitrogens with zero attached hydrogens (tertiary/aromatic N) is 4. The predicted octanol–water partition coefficient (Wildman–Crippen LogP) is 2.09. The summed E-state index contributed by atoms with van der Waals surface area (Å²) in [6, 6.07) is 0.657. The molecule has 2 N–H and O–H groups in total. The van der Waals surface area contributed by atoms with Crippen molar-refractivity contribution in [2.75, 3.05) is 13.1 Å². The molecule has 2 aliphatic rings. The predicted molar refractivity (Wildman–Crippen MR) is 83.8 cm³/mol. The average Bonchev–Trinajstić information content (AvgIpc) is 2.81. The van der Waals surface area contributed by atoms with E-state index in [-0.39, 0.29) is 0 Å². The highest BCUT2D eigenvalue weighted by Crippen LogP contribution is 2.47. The molecule has 118 valence electrons. The third kappa shape index (κ3) is 2.61. The normalized spacial score (nSPS) is 25.8. The minimum atomic E-state index is 0.388. The van der Waals surface area contributed by atoms with E-state index in [1.54, 1.807) is 0 Å². The number of aryl methyl sites for hydroxylation is 2. The van der Waals surface area contributed by atoms with E-state index < -0.39 is 0 Å². The molecule has 1 unspecified atom stereocenters. The van der Waals surface area contributed by atoms with Crippen molar-refractivity contribution in [2.24, 2.45) is 11.1 Å². The van der Waals surface area contributed by atoms with E-state index in [0.717, 1.165) is 25.3 Å². The van der Waals surface area contributed by atoms with Gasteiger partial charge in [-0.15, -0.1) is 5.10 Å². The van der Waals surface area contributed by atoms with Crippen molar-refractivity contribution >= 4 is 0 Å². The van der Waals surface area contributed by atoms with Gasteiger partial charge in [-0.25, -0.2) is 4.68 Å². The van der Waals surface area contributed by atoms with Gasteiger partial charge in [-0.2, -0.15) is 0 Å². The summed E-state index contributed by atoms with van der Waals surface area (Å²) in [4.78, 5) is 2.67. The van der Waals surface area contributed by atoms with Crippen molar-refractivity contribution in [3.05, 3.63) is 11.4 Å². The molecule has 1 aliphatic heterocycles. The highest BCUT2D eigenvalue weighted by atomic mass is 15.4. The summed E-state index contributed by atoms with van der Waals surface area (Å²) in [5, 5.41) is 8.51. The van der Waals surface area contributed by atoms with Crippen molar-refractivity contribution in [2.45, 2.75) is 71.5 Å². The second-order valence-electron chi connectivity index (χ2n) is 6.84. The maximum Gasteiger partial charge on any atom is 0.0841 e. The summed E-state index contributed by atoms with van der Waals surface area (Å²) >= 11 is 0. The van der Waals surface area contributed by atoms with Gasteiger partial charge in [0.15, 0.2) is 0 Å². The van der Waals surface area contributed by atoms with Crippen LogP contribution in [-0.4, -0.2) is 39.0 Å². The third-order valence-electron chi connectivity index (χ3n) is 5.76. The number of hydrogen-bond acceptors (Lipinski definition) is 4. The quantitative estimate of drug-likeness (QED) is 0.902. The Morgan fingerprint density at radius 2 is 2.10 bits per heavy atom. The van der Waals surface area contributed by atoms with Gasteiger partial charge in [0.1, 0.15) is 0 Å². The van der Waals surface area contributed by atoms with E-state index in [1.807, 2.05) is 0 Å². The molecule has 1 saturated carbocycles. The molecule has 0 radical (unpaired) electrons. The zero-order chi connectivity index (χ0) is 14.9. The molecule has 1 aromatic rings. The molecule has 0 bridgehead atoms. The van der Waals surface area contributed by atoms with Crippen LogP contribution in [0.3, 0.4) is 0 Å². The zero-order valence-corrected chi connectivity index (χ0v) is 13.5. The van der Waals surface area contributed by atoms with Crippen molar-refractivity contribution < 1.29 is 0 Å². The van der Waals surface area contributed by atoms with Gasteiger partial charge in [-0.3, -0.25) is 4.90 Å². The Hall–Kier alpha value is -0.940. The van der Waals surface area contributed by atoms with Crippen molar-refractivity contribution in [1.29, 1.82) is 0 Å². The Kier molecular flexibility index (Phi) is 4.31. The number of likely N-dealkylation sites (tertiary alicyclic amines) is 1. The molecular weight excluding hydrogens is 262 g/mol. The van der Waals surface area contributed by atoms with Gasteiger partial charge in [-0.05, 0) is 58.0 Å². The fraction of sp³-hybridized carbons (Fsp3) is 0.875. The van der Waals surface area contributed by atoms with Gasteiger partial charge in [0.2, 0.25) is 0 Å². The summed E-state index contributed by atoms with van der Waals surface area (Å²) in [7, 11) is 0. The van der Waals surface area contributed by atoms with Crippen LogP contribution in [0.4, 0.5) is 0 Å². The van der Waals surface area contributed by atoms with E-state index in [9.17, 15) is 0 Å². The van der Waals surface area contributed by atoms with Crippen LogP contribution in [0.1, 0.15) is 56.8 Å². The van der Waals surface area contributed by atoms with Crippen LogP contribution in [0.25, 0.3) is 0 Å². The standard InChI is InChI=1S/C16H29N5/c1-3-21-14(13(2)18-19-21)11-20-10-5-4-7-15(20)16(12-17)8-6-9-16/h15H,3-12,17H2,1-2H3. The fourth-order valence-electron chi connectivity index (χ4n) is 4.24. The minimum Gasteiger partial charge on any atom is -0.330 e. The smallest absolute Gasteiger partial charge is 0.0841 e. The Balaban J connectivity index is 1.80. The molecule has 5 nitrogen and oxygen atoms in total. The molecule has 1 aromatic heterocycles. The number of nitrogens with two attached hydrogens (primary N) is 1. The van der Waals surface area contributed by atoms with Crippen molar-refractivity contribution in [1.82, 2.24) is 19.9 Å². The maximum absolute atomic E-state index is 6.16. The van der Waals surface area contributed by atoms with Gasteiger partial charge >= 0.3 is 0 Å². The molecule has 1 aliphatic carbocycles. The summed E-state index contributed by atoms with van der Waals surface area (Å²) in [5.41, 5.74) is 8.92.